The monoisotopic (exact) mass is 254 g/mol. The summed E-state index contributed by atoms with van der Waals surface area (Å²) in [6.45, 7) is 0. The number of fused-ring (bicyclic) bond motifs is 1. The fourth-order valence-corrected chi connectivity index (χ4v) is 1.95. The van der Waals surface area contributed by atoms with Gasteiger partial charge in [-0.2, -0.15) is 0 Å². The molecule has 1 aromatic carbocycles. The van der Waals surface area contributed by atoms with Crippen LogP contribution in [0.2, 0.25) is 0 Å². The molecule has 0 amide bonds. The molecule has 0 spiro atoms. The van der Waals surface area contributed by atoms with Crippen LogP contribution >= 0.6 is 12.4 Å². The summed E-state index contributed by atoms with van der Waals surface area (Å²) in [5.74, 6) is 0. The second-order valence-corrected chi connectivity index (χ2v) is 3.93. The van der Waals surface area contributed by atoms with Crippen LogP contribution in [0.1, 0.15) is 17.5 Å². The van der Waals surface area contributed by atoms with Crippen molar-refractivity contribution in [2.75, 3.05) is 7.05 Å². The average Bonchev–Trinajstić information content (AvgIpc) is 2.50. The zero-order valence-corrected chi connectivity index (χ0v) is 10.4. The Balaban J connectivity index is 0.00000144. The highest BCUT2D eigenvalue weighted by atomic mass is 35.5. The molecule has 1 unspecified atom stereocenters. The van der Waals surface area contributed by atoms with Crippen LogP contribution in [0, 0.1) is 10.1 Å². The fourth-order valence-electron chi connectivity index (χ4n) is 1.95. The molecule has 1 N–H and O–H groups in total. The highest BCUT2D eigenvalue weighted by molar-refractivity contribution is 5.85. The fraction of sp³-hybridized carbons (Fsp3) is 0.333. The van der Waals surface area contributed by atoms with Gasteiger partial charge in [0.05, 0.1) is 4.92 Å². The smallest absolute Gasteiger partial charge is 0.270 e. The summed E-state index contributed by atoms with van der Waals surface area (Å²) in [6.07, 6.45) is 6.01. The second kappa shape index (κ2) is 5.80. The molecule has 0 aliphatic heterocycles. The number of nitro groups is 1. The van der Waals surface area contributed by atoms with E-state index >= 15 is 0 Å². The van der Waals surface area contributed by atoms with Gasteiger partial charge in [0.15, 0.2) is 0 Å². The zero-order chi connectivity index (χ0) is 11.5. The number of halogens is 1. The molecule has 0 aromatic heterocycles. The first-order valence-corrected chi connectivity index (χ1v) is 5.33. The van der Waals surface area contributed by atoms with Gasteiger partial charge in [0.2, 0.25) is 0 Å². The number of non-ortho nitro benzene ring substituents is 1. The molecule has 1 aliphatic carbocycles. The number of nitrogens with one attached hydrogen (secondary N) is 1. The van der Waals surface area contributed by atoms with Crippen LogP contribution in [-0.4, -0.2) is 18.0 Å². The molecule has 4 nitrogen and oxygen atoms in total. The Morgan fingerprint density at radius 1 is 1.47 bits per heavy atom. The maximum atomic E-state index is 10.7. The topological polar surface area (TPSA) is 55.2 Å². The van der Waals surface area contributed by atoms with Gasteiger partial charge in [0.25, 0.3) is 5.69 Å². The molecule has 2 rings (SSSR count). The van der Waals surface area contributed by atoms with Crippen LogP contribution in [-0.2, 0) is 6.42 Å². The van der Waals surface area contributed by atoms with E-state index in [0.717, 1.165) is 18.4 Å². The van der Waals surface area contributed by atoms with Crippen molar-refractivity contribution < 1.29 is 4.92 Å². The predicted molar refractivity (Wildman–Crippen MR) is 70.5 cm³/mol. The second-order valence-electron chi connectivity index (χ2n) is 3.93. The minimum atomic E-state index is -0.353. The van der Waals surface area contributed by atoms with Crippen LogP contribution in [0.5, 0.6) is 0 Å². The van der Waals surface area contributed by atoms with Crippen LogP contribution in [0.4, 0.5) is 5.69 Å². The molecule has 0 heterocycles. The zero-order valence-electron chi connectivity index (χ0n) is 9.55. The number of aryl methyl sites for hydroxylation is 1. The van der Waals surface area contributed by atoms with Crippen LogP contribution < -0.4 is 5.32 Å². The van der Waals surface area contributed by atoms with E-state index in [4.69, 9.17) is 0 Å². The van der Waals surface area contributed by atoms with E-state index < -0.39 is 0 Å². The van der Waals surface area contributed by atoms with Gasteiger partial charge in [-0.05, 0) is 31.0 Å². The van der Waals surface area contributed by atoms with E-state index in [1.807, 2.05) is 19.2 Å². The van der Waals surface area contributed by atoms with Crippen molar-refractivity contribution in [1.82, 2.24) is 5.32 Å². The minimum Gasteiger partial charge on any atom is -0.314 e. The van der Waals surface area contributed by atoms with Crippen LogP contribution in [0.15, 0.2) is 24.3 Å². The van der Waals surface area contributed by atoms with Crippen molar-refractivity contribution in [3.05, 3.63) is 45.5 Å². The maximum absolute atomic E-state index is 10.7. The third kappa shape index (κ3) is 3.05. The van der Waals surface area contributed by atoms with Gasteiger partial charge in [0, 0.05) is 18.2 Å². The number of likely N-dealkylation sites (N-methyl/N-ethyl adjacent to an activating group) is 1. The molecule has 17 heavy (non-hydrogen) atoms. The molecular formula is C12H15ClN2O2. The molecule has 1 aromatic rings. The van der Waals surface area contributed by atoms with Gasteiger partial charge < -0.3 is 5.32 Å². The number of nitro benzene ring substituents is 1. The number of hydrogen-bond donors (Lipinski definition) is 1. The van der Waals surface area contributed by atoms with E-state index in [0.29, 0.717) is 6.04 Å². The van der Waals surface area contributed by atoms with E-state index in [1.54, 1.807) is 12.1 Å². The van der Waals surface area contributed by atoms with Crippen LogP contribution in [0.3, 0.4) is 0 Å². The first-order valence-electron chi connectivity index (χ1n) is 5.33. The van der Waals surface area contributed by atoms with E-state index in [9.17, 15) is 10.1 Å². The van der Waals surface area contributed by atoms with E-state index in [2.05, 4.69) is 11.4 Å². The largest absolute Gasteiger partial charge is 0.314 e. The van der Waals surface area contributed by atoms with Crippen LogP contribution in [0.25, 0.3) is 6.08 Å². The minimum absolute atomic E-state index is 0. The molecule has 5 heteroatoms. The molecule has 0 saturated heterocycles. The lowest BCUT2D eigenvalue weighted by Gasteiger charge is -2.08. The Morgan fingerprint density at radius 3 is 2.88 bits per heavy atom. The average molecular weight is 255 g/mol. The van der Waals surface area contributed by atoms with Crippen molar-refractivity contribution in [2.45, 2.75) is 18.9 Å². The van der Waals surface area contributed by atoms with Gasteiger partial charge >= 0.3 is 0 Å². The third-order valence-corrected chi connectivity index (χ3v) is 2.94. The number of nitrogens with zero attached hydrogens (tertiary/aromatic N) is 1. The van der Waals surface area contributed by atoms with Crippen molar-refractivity contribution >= 4 is 24.2 Å². The molecule has 1 atom stereocenters. The number of rotatable bonds is 2. The van der Waals surface area contributed by atoms with Gasteiger partial charge in [-0.25, -0.2) is 0 Å². The lowest BCUT2D eigenvalue weighted by atomic mass is 10.0. The Hall–Kier alpha value is -1.39. The normalized spacial score (nSPS) is 17.8. The lowest BCUT2D eigenvalue weighted by molar-refractivity contribution is -0.384. The van der Waals surface area contributed by atoms with Crippen molar-refractivity contribution in [2.24, 2.45) is 0 Å². The molecule has 0 fully saturated rings. The summed E-state index contributed by atoms with van der Waals surface area (Å²) in [7, 11) is 1.92. The van der Waals surface area contributed by atoms with E-state index in [1.165, 1.54) is 5.56 Å². The summed E-state index contributed by atoms with van der Waals surface area (Å²) in [5.41, 5.74) is 2.30. The molecule has 1 aliphatic rings. The Kier molecular flexibility index (Phi) is 4.66. The maximum Gasteiger partial charge on any atom is 0.270 e. The lowest BCUT2D eigenvalue weighted by Crippen LogP contribution is -2.22. The SMILES string of the molecule is CNC1C=Cc2cc([N+](=O)[O-])ccc2CC1.Cl. The van der Waals surface area contributed by atoms with Crippen molar-refractivity contribution in [3.8, 4) is 0 Å². The number of benzene rings is 1. The summed E-state index contributed by atoms with van der Waals surface area (Å²) in [5, 5.41) is 13.9. The van der Waals surface area contributed by atoms with Crippen molar-refractivity contribution in [1.29, 1.82) is 0 Å². The molecule has 92 valence electrons. The summed E-state index contributed by atoms with van der Waals surface area (Å²) in [6, 6.07) is 5.43. The predicted octanol–water partition coefficient (Wildman–Crippen LogP) is 2.56. The molecular weight excluding hydrogens is 240 g/mol. The van der Waals surface area contributed by atoms with E-state index in [-0.39, 0.29) is 23.0 Å². The van der Waals surface area contributed by atoms with Gasteiger partial charge in [-0.3, -0.25) is 10.1 Å². The quantitative estimate of drug-likeness (QED) is 0.652. The van der Waals surface area contributed by atoms with Gasteiger partial charge in [0.1, 0.15) is 0 Å². The summed E-state index contributed by atoms with van der Waals surface area (Å²) >= 11 is 0. The first kappa shape index (κ1) is 13.7. The third-order valence-electron chi connectivity index (χ3n) is 2.94. The Morgan fingerprint density at radius 2 is 2.24 bits per heavy atom. The highest BCUT2D eigenvalue weighted by Gasteiger charge is 2.13. The van der Waals surface area contributed by atoms with Crippen molar-refractivity contribution in [3.63, 3.8) is 0 Å². The first-order chi connectivity index (χ1) is 7.70. The number of hydrogen-bond acceptors (Lipinski definition) is 3. The standard InChI is InChI=1S/C12H14N2O2.ClH/c1-13-11-5-2-9-4-7-12(14(15)16)8-10(9)3-6-11;/h3-4,6-8,11,13H,2,5H2,1H3;1H. The van der Waals surface area contributed by atoms with Gasteiger partial charge in [-0.1, -0.05) is 18.2 Å². The summed E-state index contributed by atoms with van der Waals surface area (Å²) in [4.78, 5) is 10.3. The molecule has 0 bridgehead atoms. The highest BCUT2D eigenvalue weighted by Crippen LogP contribution is 2.23. The Labute approximate surface area is 106 Å². The van der Waals surface area contributed by atoms with Gasteiger partial charge in [-0.15, -0.1) is 12.4 Å². The molecule has 0 saturated carbocycles. The summed E-state index contributed by atoms with van der Waals surface area (Å²) < 4.78 is 0. The molecule has 0 radical (unpaired) electrons. The Bertz CT molecular complexity index is 446.